The zero-order chi connectivity index (χ0) is 15.5. The van der Waals surface area contributed by atoms with E-state index in [1.54, 1.807) is 42.5 Å². The fourth-order valence-electron chi connectivity index (χ4n) is 2.33. The molecule has 5 heteroatoms. The molecular formula is C17H12NO4-. The molecule has 1 heterocycles. The number of hydrogen-bond acceptors (Lipinski definition) is 4. The third kappa shape index (κ3) is 2.44. The average molecular weight is 294 g/mol. The molecule has 0 saturated heterocycles. The Bertz CT molecular complexity index is 851. The summed E-state index contributed by atoms with van der Waals surface area (Å²) in [4.78, 5) is 27.9. The summed E-state index contributed by atoms with van der Waals surface area (Å²) in [5, 5.41) is 12.0. The molecule has 0 saturated carbocycles. The van der Waals surface area contributed by atoms with Crippen molar-refractivity contribution in [3.05, 3.63) is 71.4 Å². The van der Waals surface area contributed by atoms with Gasteiger partial charge in [0.25, 0.3) is 0 Å². The van der Waals surface area contributed by atoms with Gasteiger partial charge in [-0.25, -0.2) is 0 Å². The van der Waals surface area contributed by atoms with Crippen LogP contribution in [-0.4, -0.2) is 17.0 Å². The lowest BCUT2D eigenvalue weighted by atomic mass is 10.1. The number of carboxylic acids is 1. The number of carboxylic acid groups (broad SMARTS) is 1. The van der Waals surface area contributed by atoms with Crippen molar-refractivity contribution in [3.8, 4) is 0 Å². The molecule has 0 amide bonds. The molecule has 1 aromatic heterocycles. The van der Waals surface area contributed by atoms with Crippen molar-refractivity contribution in [1.29, 1.82) is 0 Å². The topological polar surface area (TPSA) is 71.4 Å². The van der Waals surface area contributed by atoms with Crippen LogP contribution in [0.4, 0.5) is 0 Å². The smallest absolute Gasteiger partial charge is 0.150 e. The van der Waals surface area contributed by atoms with Gasteiger partial charge in [0.05, 0.1) is 11.5 Å². The van der Waals surface area contributed by atoms with Crippen molar-refractivity contribution in [2.24, 2.45) is 0 Å². The van der Waals surface area contributed by atoms with E-state index in [1.807, 2.05) is 6.07 Å². The normalized spacial score (nSPS) is 10.5. The highest BCUT2D eigenvalue weighted by Crippen LogP contribution is 2.19. The zero-order valence-electron chi connectivity index (χ0n) is 11.6. The number of benzene rings is 2. The lowest BCUT2D eigenvalue weighted by molar-refractivity contribution is -0.256. The highest BCUT2D eigenvalue weighted by atomic mass is 16.7. The minimum absolute atomic E-state index is 0.0650. The first-order valence-corrected chi connectivity index (χ1v) is 6.69. The average Bonchev–Trinajstić information content (AvgIpc) is 2.92. The van der Waals surface area contributed by atoms with Crippen LogP contribution in [0.25, 0.3) is 10.9 Å². The first-order chi connectivity index (χ1) is 10.7. The number of carbonyl (C=O) groups excluding carboxylic acids is 2. The fraction of sp³-hybridized carbons (Fsp3) is 0.0588. The number of hydrogen-bond donors (Lipinski definition) is 0. The highest BCUT2D eigenvalue weighted by Gasteiger charge is 2.11. The van der Waals surface area contributed by atoms with E-state index in [0.717, 1.165) is 11.7 Å². The maximum absolute atomic E-state index is 11.3. The Balaban J connectivity index is 1.98. The second-order valence-electron chi connectivity index (χ2n) is 4.76. The van der Waals surface area contributed by atoms with Crippen LogP contribution in [0.2, 0.25) is 0 Å². The van der Waals surface area contributed by atoms with E-state index in [9.17, 15) is 14.7 Å². The van der Waals surface area contributed by atoms with Crippen molar-refractivity contribution in [2.45, 2.75) is 6.61 Å². The predicted molar refractivity (Wildman–Crippen MR) is 78.4 cm³/mol. The van der Waals surface area contributed by atoms with E-state index in [4.69, 9.17) is 4.84 Å². The molecule has 0 aliphatic heterocycles. The number of rotatable bonds is 5. The first kappa shape index (κ1) is 13.9. The number of aldehydes is 1. The van der Waals surface area contributed by atoms with Crippen LogP contribution < -0.4 is 9.94 Å². The second kappa shape index (κ2) is 5.73. The van der Waals surface area contributed by atoms with Gasteiger partial charge in [0.2, 0.25) is 0 Å². The van der Waals surface area contributed by atoms with Gasteiger partial charge in [-0.05, 0) is 12.1 Å². The third-order valence-electron chi connectivity index (χ3n) is 3.41. The van der Waals surface area contributed by atoms with Gasteiger partial charge in [-0.2, -0.15) is 4.73 Å². The van der Waals surface area contributed by atoms with Crippen molar-refractivity contribution < 1.29 is 19.5 Å². The van der Waals surface area contributed by atoms with E-state index < -0.39 is 5.97 Å². The van der Waals surface area contributed by atoms with Gasteiger partial charge in [-0.1, -0.05) is 42.5 Å². The minimum atomic E-state index is -1.32. The monoisotopic (exact) mass is 294 g/mol. The summed E-state index contributed by atoms with van der Waals surface area (Å²) in [7, 11) is 0. The Morgan fingerprint density at radius 2 is 1.86 bits per heavy atom. The number of aromatic carboxylic acids is 1. The van der Waals surface area contributed by atoms with Crippen LogP contribution in [0, 0.1) is 0 Å². The summed E-state index contributed by atoms with van der Waals surface area (Å²) in [6.07, 6.45) is 0.742. The summed E-state index contributed by atoms with van der Waals surface area (Å²) in [5.74, 6) is -1.32. The largest absolute Gasteiger partial charge is 0.543 e. The Morgan fingerprint density at radius 1 is 1.14 bits per heavy atom. The second-order valence-corrected chi connectivity index (χ2v) is 4.76. The summed E-state index contributed by atoms with van der Waals surface area (Å²) < 4.78 is 1.23. The van der Waals surface area contributed by atoms with Gasteiger partial charge >= 0.3 is 0 Å². The molecule has 2 aromatic carbocycles. The van der Waals surface area contributed by atoms with Crippen LogP contribution >= 0.6 is 0 Å². The Morgan fingerprint density at radius 3 is 2.64 bits per heavy atom. The van der Waals surface area contributed by atoms with Crippen LogP contribution in [0.15, 0.2) is 54.6 Å². The number of carbonyl (C=O) groups is 2. The molecule has 3 rings (SSSR count). The van der Waals surface area contributed by atoms with E-state index in [0.29, 0.717) is 16.6 Å². The van der Waals surface area contributed by atoms with Crippen molar-refractivity contribution in [3.63, 3.8) is 0 Å². The van der Waals surface area contributed by atoms with Gasteiger partial charge in [0.1, 0.15) is 18.6 Å². The summed E-state index contributed by atoms with van der Waals surface area (Å²) >= 11 is 0. The van der Waals surface area contributed by atoms with Crippen molar-refractivity contribution in [1.82, 2.24) is 4.73 Å². The van der Waals surface area contributed by atoms with Crippen LogP contribution in [0.3, 0.4) is 0 Å². The Kier molecular flexibility index (Phi) is 3.62. The third-order valence-corrected chi connectivity index (χ3v) is 3.41. The maximum atomic E-state index is 11.3. The Hall–Kier alpha value is -3.08. The number of nitrogens with zero attached hydrogens (tertiary/aromatic N) is 1. The molecule has 0 spiro atoms. The quantitative estimate of drug-likeness (QED) is 0.668. The molecule has 0 aliphatic carbocycles. The SMILES string of the molecule is O=Cc1ccccc1COn1c(C(=O)[O-])cc2ccccc21. The molecule has 0 bridgehead atoms. The van der Waals surface area contributed by atoms with E-state index in [2.05, 4.69) is 0 Å². The van der Waals surface area contributed by atoms with E-state index in [1.165, 1.54) is 10.8 Å². The molecule has 0 atom stereocenters. The lowest BCUT2D eigenvalue weighted by Crippen LogP contribution is -2.28. The summed E-state index contributed by atoms with van der Waals surface area (Å²) in [6.45, 7) is 0.0772. The molecule has 110 valence electrons. The van der Waals surface area contributed by atoms with Gasteiger partial charge < -0.3 is 14.7 Å². The van der Waals surface area contributed by atoms with Crippen molar-refractivity contribution >= 4 is 23.2 Å². The molecule has 0 aliphatic rings. The number of para-hydroxylation sites is 1. The molecule has 22 heavy (non-hydrogen) atoms. The van der Waals surface area contributed by atoms with Crippen LogP contribution in [-0.2, 0) is 6.61 Å². The van der Waals surface area contributed by atoms with Crippen LogP contribution in [0.5, 0.6) is 0 Å². The summed E-state index contributed by atoms with van der Waals surface area (Å²) in [6, 6.07) is 15.6. The first-order valence-electron chi connectivity index (χ1n) is 6.69. The number of fused-ring (bicyclic) bond motifs is 1. The van der Waals surface area contributed by atoms with Gasteiger partial charge in [0, 0.05) is 16.5 Å². The summed E-state index contributed by atoms with van der Waals surface area (Å²) in [5.41, 5.74) is 1.75. The van der Waals surface area contributed by atoms with E-state index >= 15 is 0 Å². The Labute approximate surface area is 126 Å². The molecule has 0 N–H and O–H groups in total. The fourth-order valence-corrected chi connectivity index (χ4v) is 2.33. The molecular weight excluding hydrogens is 282 g/mol. The van der Waals surface area contributed by atoms with Gasteiger partial charge in [0.15, 0.2) is 0 Å². The van der Waals surface area contributed by atoms with Gasteiger partial charge in [-0.3, -0.25) is 4.79 Å². The van der Waals surface area contributed by atoms with Crippen molar-refractivity contribution in [2.75, 3.05) is 0 Å². The highest BCUT2D eigenvalue weighted by molar-refractivity contribution is 5.93. The number of aromatic nitrogens is 1. The van der Waals surface area contributed by atoms with Gasteiger partial charge in [-0.15, -0.1) is 0 Å². The molecule has 0 unspecified atom stereocenters. The minimum Gasteiger partial charge on any atom is -0.543 e. The lowest BCUT2D eigenvalue weighted by Gasteiger charge is -2.13. The predicted octanol–water partition coefficient (Wildman–Crippen LogP) is 1.45. The van der Waals surface area contributed by atoms with Crippen LogP contribution in [0.1, 0.15) is 26.4 Å². The molecule has 5 nitrogen and oxygen atoms in total. The van der Waals surface area contributed by atoms with E-state index in [-0.39, 0.29) is 12.3 Å². The molecule has 0 radical (unpaired) electrons. The molecule has 0 fully saturated rings. The maximum Gasteiger partial charge on any atom is 0.150 e. The zero-order valence-corrected chi connectivity index (χ0v) is 11.6. The standard InChI is InChI=1S/C17H13NO4/c19-10-13-6-1-2-7-14(13)11-22-18-15-8-4-3-5-12(15)9-16(18)17(20)21/h1-10H,11H2,(H,20,21)/p-1. The molecule has 3 aromatic rings.